The average Bonchev–Trinajstić information content (AvgIpc) is 3.39. The van der Waals surface area contributed by atoms with Crippen LogP contribution in [0.2, 0.25) is 0 Å². The molecule has 31 heavy (non-hydrogen) atoms. The van der Waals surface area contributed by atoms with Crippen molar-refractivity contribution in [2.75, 3.05) is 11.5 Å². The molecule has 1 aromatic heterocycles. The van der Waals surface area contributed by atoms with Crippen LogP contribution in [0, 0.1) is 6.92 Å². The fourth-order valence-corrected chi connectivity index (χ4v) is 4.49. The minimum atomic E-state index is -1.20. The van der Waals surface area contributed by atoms with Crippen LogP contribution >= 0.6 is 0 Å². The van der Waals surface area contributed by atoms with Crippen molar-refractivity contribution < 1.29 is 19.1 Å². The van der Waals surface area contributed by atoms with Gasteiger partial charge in [-0.3, -0.25) is 19.2 Å². The molecule has 2 amide bonds. The van der Waals surface area contributed by atoms with Crippen molar-refractivity contribution in [3.63, 3.8) is 0 Å². The number of anilines is 1. The number of hydrogen-bond donors (Lipinski definition) is 1. The van der Waals surface area contributed by atoms with Crippen LogP contribution in [-0.4, -0.2) is 45.8 Å². The molecular formula is C23H28N4O4. The first kappa shape index (κ1) is 21.1. The number of para-hydroxylation sites is 1. The van der Waals surface area contributed by atoms with Gasteiger partial charge in [-0.25, -0.2) is 4.79 Å². The van der Waals surface area contributed by atoms with Crippen molar-refractivity contribution in [2.24, 2.45) is 0 Å². The fraction of sp³-hybridized carbons (Fsp3) is 0.478. The summed E-state index contributed by atoms with van der Waals surface area (Å²) >= 11 is 0. The van der Waals surface area contributed by atoms with Gasteiger partial charge in [0, 0.05) is 17.8 Å². The zero-order chi connectivity index (χ0) is 22.2. The fourth-order valence-electron chi connectivity index (χ4n) is 4.49. The quantitative estimate of drug-likeness (QED) is 0.745. The Labute approximate surface area is 181 Å². The Morgan fingerprint density at radius 3 is 2.65 bits per heavy atom. The van der Waals surface area contributed by atoms with Crippen molar-refractivity contribution in [1.82, 2.24) is 15.1 Å². The maximum atomic E-state index is 13.7. The van der Waals surface area contributed by atoms with Crippen LogP contribution in [0.15, 0.2) is 30.3 Å². The molecule has 0 saturated heterocycles. The molecule has 8 nitrogen and oxygen atoms in total. The molecule has 0 spiro atoms. The predicted molar refractivity (Wildman–Crippen MR) is 115 cm³/mol. The molecule has 1 aliphatic carbocycles. The molecule has 1 aliphatic heterocycles. The molecule has 1 atom stereocenters. The van der Waals surface area contributed by atoms with Crippen LogP contribution in [0.3, 0.4) is 0 Å². The van der Waals surface area contributed by atoms with Crippen molar-refractivity contribution in [2.45, 2.75) is 64.6 Å². The van der Waals surface area contributed by atoms with Crippen LogP contribution < -0.4 is 10.2 Å². The molecule has 1 N–H and O–H groups in total. The number of fused-ring (bicyclic) bond motifs is 1. The molecular weight excluding hydrogens is 396 g/mol. The number of aromatic nitrogens is 2. The zero-order valence-electron chi connectivity index (χ0n) is 18.2. The number of ether oxygens (including phenoxy) is 1. The maximum absolute atomic E-state index is 13.7. The second-order valence-corrected chi connectivity index (χ2v) is 8.45. The lowest BCUT2D eigenvalue weighted by atomic mass is 9.92. The molecule has 164 valence electrons. The number of carbonyl (C=O) groups is 3. The minimum absolute atomic E-state index is 0.0652. The molecule has 1 saturated carbocycles. The van der Waals surface area contributed by atoms with Crippen molar-refractivity contribution >= 4 is 23.5 Å². The summed E-state index contributed by atoms with van der Waals surface area (Å²) in [7, 11) is 0. The molecule has 2 aliphatic rings. The van der Waals surface area contributed by atoms with E-state index in [9.17, 15) is 14.4 Å². The third-order valence-electron chi connectivity index (χ3n) is 6.17. The molecule has 1 aromatic carbocycles. The van der Waals surface area contributed by atoms with E-state index >= 15 is 0 Å². The Hall–Kier alpha value is -3.16. The van der Waals surface area contributed by atoms with Gasteiger partial charge in [-0.2, -0.15) is 5.10 Å². The molecule has 2 aromatic rings. The normalized spacial score (nSPS) is 21.1. The topological polar surface area (TPSA) is 93.5 Å². The van der Waals surface area contributed by atoms with E-state index in [4.69, 9.17) is 4.74 Å². The summed E-state index contributed by atoms with van der Waals surface area (Å²) < 4.78 is 6.50. The molecule has 1 unspecified atom stereocenters. The molecule has 1 fully saturated rings. The highest BCUT2D eigenvalue weighted by molar-refractivity contribution is 6.12. The lowest BCUT2D eigenvalue weighted by Gasteiger charge is -2.44. The SMILES string of the molecule is CCOC(=O)c1cc2n(n1)CC(C)(C(=O)NC1CCCC1)N(c1ccccc1C)C2=O. The zero-order valence-corrected chi connectivity index (χ0v) is 18.2. The summed E-state index contributed by atoms with van der Waals surface area (Å²) in [5.41, 5.74) is 0.681. The van der Waals surface area contributed by atoms with Gasteiger partial charge >= 0.3 is 5.97 Å². The van der Waals surface area contributed by atoms with Gasteiger partial charge < -0.3 is 10.1 Å². The molecule has 0 bridgehead atoms. The van der Waals surface area contributed by atoms with Gasteiger partial charge in [-0.1, -0.05) is 31.0 Å². The van der Waals surface area contributed by atoms with E-state index < -0.39 is 11.5 Å². The summed E-state index contributed by atoms with van der Waals surface area (Å²) in [4.78, 5) is 40.9. The first-order valence-corrected chi connectivity index (χ1v) is 10.8. The lowest BCUT2D eigenvalue weighted by Crippen LogP contribution is -2.65. The number of nitrogens with zero attached hydrogens (tertiary/aromatic N) is 3. The standard InChI is InChI=1S/C23H28N4O4/c1-4-31-21(29)17-13-19-20(28)27(18-12-8-5-9-15(18)2)23(3,14-26(19)25-17)22(30)24-16-10-6-7-11-16/h5,8-9,12-13,16H,4,6-7,10-11,14H2,1-3H3,(H,24,30). The van der Waals surface area contributed by atoms with Gasteiger partial charge in [0.25, 0.3) is 5.91 Å². The van der Waals surface area contributed by atoms with Crippen LogP contribution in [0.25, 0.3) is 0 Å². The van der Waals surface area contributed by atoms with Crippen molar-refractivity contribution in [1.29, 1.82) is 0 Å². The van der Waals surface area contributed by atoms with E-state index in [2.05, 4.69) is 10.4 Å². The minimum Gasteiger partial charge on any atom is -0.461 e. The molecule has 0 radical (unpaired) electrons. The predicted octanol–water partition coefficient (Wildman–Crippen LogP) is 2.85. The first-order valence-electron chi connectivity index (χ1n) is 10.8. The van der Waals surface area contributed by atoms with E-state index in [-0.39, 0.29) is 42.4 Å². The summed E-state index contributed by atoms with van der Waals surface area (Å²) in [6.45, 7) is 5.74. The highest BCUT2D eigenvalue weighted by atomic mass is 16.5. The van der Waals surface area contributed by atoms with E-state index in [0.29, 0.717) is 5.69 Å². The summed E-state index contributed by atoms with van der Waals surface area (Å²) in [6, 6.07) is 9.06. The highest BCUT2D eigenvalue weighted by Gasteiger charge is 2.50. The first-order chi connectivity index (χ1) is 14.8. The van der Waals surface area contributed by atoms with E-state index in [1.165, 1.54) is 10.7 Å². The van der Waals surface area contributed by atoms with Gasteiger partial charge in [0.05, 0.1) is 13.2 Å². The number of carbonyl (C=O) groups excluding carboxylic acids is 3. The number of rotatable bonds is 5. The Morgan fingerprint density at radius 1 is 1.26 bits per heavy atom. The third kappa shape index (κ3) is 3.71. The average molecular weight is 425 g/mol. The highest BCUT2D eigenvalue weighted by Crippen LogP contribution is 2.35. The van der Waals surface area contributed by atoms with Crippen molar-refractivity contribution in [3.8, 4) is 0 Å². The monoisotopic (exact) mass is 424 g/mol. The smallest absolute Gasteiger partial charge is 0.358 e. The van der Waals surface area contributed by atoms with Gasteiger partial charge in [0.1, 0.15) is 11.2 Å². The Bertz CT molecular complexity index is 1020. The molecule has 2 heterocycles. The van der Waals surface area contributed by atoms with Gasteiger partial charge in [-0.15, -0.1) is 0 Å². The molecule has 4 rings (SSSR count). The Morgan fingerprint density at radius 2 is 1.97 bits per heavy atom. The number of esters is 1. The largest absolute Gasteiger partial charge is 0.461 e. The number of nitrogens with one attached hydrogen (secondary N) is 1. The lowest BCUT2D eigenvalue weighted by molar-refractivity contribution is -0.127. The van der Waals surface area contributed by atoms with Crippen LogP contribution in [-0.2, 0) is 16.1 Å². The third-order valence-corrected chi connectivity index (χ3v) is 6.17. The van der Waals surface area contributed by atoms with Gasteiger partial charge in [-0.05, 0) is 45.2 Å². The van der Waals surface area contributed by atoms with E-state index in [0.717, 1.165) is 31.2 Å². The van der Waals surface area contributed by atoms with Gasteiger partial charge in [0.15, 0.2) is 5.69 Å². The summed E-state index contributed by atoms with van der Waals surface area (Å²) in [5, 5.41) is 7.44. The van der Waals surface area contributed by atoms with E-state index in [1.54, 1.807) is 18.7 Å². The Kier molecular flexibility index (Phi) is 5.56. The Balaban J connectivity index is 1.78. The second-order valence-electron chi connectivity index (χ2n) is 8.45. The number of aryl methyl sites for hydroxylation is 1. The van der Waals surface area contributed by atoms with Gasteiger partial charge in [0.2, 0.25) is 5.91 Å². The van der Waals surface area contributed by atoms with Crippen LogP contribution in [0.1, 0.15) is 66.1 Å². The summed E-state index contributed by atoms with van der Waals surface area (Å²) in [5.74, 6) is -1.17. The molecule has 8 heteroatoms. The number of hydrogen-bond acceptors (Lipinski definition) is 5. The van der Waals surface area contributed by atoms with E-state index in [1.807, 2.05) is 31.2 Å². The number of amides is 2. The van der Waals surface area contributed by atoms with Crippen LogP contribution in [0.5, 0.6) is 0 Å². The number of benzene rings is 1. The van der Waals surface area contributed by atoms with Crippen molar-refractivity contribution in [3.05, 3.63) is 47.3 Å². The summed E-state index contributed by atoms with van der Waals surface area (Å²) in [6.07, 6.45) is 4.07. The maximum Gasteiger partial charge on any atom is 0.358 e. The second kappa shape index (κ2) is 8.17. The van der Waals surface area contributed by atoms with Crippen LogP contribution in [0.4, 0.5) is 5.69 Å².